The van der Waals surface area contributed by atoms with Gasteiger partial charge in [0, 0.05) is 23.3 Å². The third kappa shape index (κ3) is 6.58. The molecule has 0 spiro atoms. The van der Waals surface area contributed by atoms with E-state index in [2.05, 4.69) is 16.0 Å². The minimum absolute atomic E-state index is 0.0287. The molecule has 7 nitrogen and oxygen atoms in total. The molecule has 4 N–H and O–H groups in total. The zero-order chi connectivity index (χ0) is 19.8. The van der Waals surface area contributed by atoms with E-state index in [4.69, 9.17) is 0 Å². The van der Waals surface area contributed by atoms with Crippen molar-refractivity contribution in [1.82, 2.24) is 10.6 Å². The van der Waals surface area contributed by atoms with E-state index in [-0.39, 0.29) is 24.0 Å². The first kappa shape index (κ1) is 20.7. The second-order valence-electron chi connectivity index (χ2n) is 7.35. The molecule has 0 aromatic heterocycles. The van der Waals surface area contributed by atoms with Crippen LogP contribution in [0.2, 0.25) is 0 Å². The standard InChI is InChI=1S/C20H29N3O4/c1-13(2)21-20(27)22-15-11-9-14(10-12-15)18(24)23-17-8-6-4-3-5-7-16(17)19(25)26/h9-13,16-17H,3-8H2,1-2H3,(H,23,24)(H,25,26)(H2,21,22,27). The monoisotopic (exact) mass is 375 g/mol. The van der Waals surface area contributed by atoms with Gasteiger partial charge in [0.2, 0.25) is 0 Å². The lowest BCUT2D eigenvalue weighted by Crippen LogP contribution is -2.43. The molecule has 7 heteroatoms. The van der Waals surface area contributed by atoms with E-state index in [1.165, 1.54) is 0 Å². The van der Waals surface area contributed by atoms with Gasteiger partial charge in [-0.3, -0.25) is 9.59 Å². The third-order valence-electron chi connectivity index (χ3n) is 4.72. The van der Waals surface area contributed by atoms with Gasteiger partial charge in [-0.15, -0.1) is 0 Å². The summed E-state index contributed by atoms with van der Waals surface area (Å²) in [5, 5.41) is 17.8. The number of amides is 3. The number of carboxylic acid groups (broad SMARTS) is 1. The van der Waals surface area contributed by atoms with Crippen LogP contribution in [0.25, 0.3) is 0 Å². The molecule has 148 valence electrons. The highest BCUT2D eigenvalue weighted by Crippen LogP contribution is 2.23. The number of carbonyl (C=O) groups is 3. The Hall–Kier alpha value is -2.57. The average Bonchev–Trinajstić information content (AvgIpc) is 2.56. The second kappa shape index (κ2) is 9.94. The molecule has 1 fully saturated rings. The first-order valence-corrected chi connectivity index (χ1v) is 9.58. The van der Waals surface area contributed by atoms with Gasteiger partial charge in [-0.25, -0.2) is 4.79 Å². The molecule has 3 amide bonds. The van der Waals surface area contributed by atoms with E-state index in [0.717, 1.165) is 25.7 Å². The molecule has 2 atom stereocenters. The van der Waals surface area contributed by atoms with Crippen molar-refractivity contribution in [2.75, 3.05) is 5.32 Å². The van der Waals surface area contributed by atoms with Gasteiger partial charge in [0.25, 0.3) is 5.91 Å². The van der Waals surface area contributed by atoms with Crippen molar-refractivity contribution in [2.24, 2.45) is 5.92 Å². The molecule has 0 bridgehead atoms. The van der Waals surface area contributed by atoms with Crippen LogP contribution < -0.4 is 16.0 Å². The summed E-state index contributed by atoms with van der Waals surface area (Å²) in [5.74, 6) is -1.68. The van der Waals surface area contributed by atoms with Crippen LogP contribution in [-0.2, 0) is 4.79 Å². The molecule has 0 aliphatic heterocycles. The Morgan fingerprint density at radius 2 is 1.63 bits per heavy atom. The maximum atomic E-state index is 12.6. The summed E-state index contributed by atoms with van der Waals surface area (Å²) in [6.07, 6.45) is 5.18. The maximum absolute atomic E-state index is 12.6. The van der Waals surface area contributed by atoms with E-state index < -0.39 is 11.9 Å². The van der Waals surface area contributed by atoms with Gasteiger partial charge in [-0.05, 0) is 51.0 Å². The average molecular weight is 375 g/mol. The first-order valence-electron chi connectivity index (χ1n) is 9.58. The predicted octanol–water partition coefficient (Wildman–Crippen LogP) is 3.37. The smallest absolute Gasteiger partial charge is 0.319 e. The van der Waals surface area contributed by atoms with E-state index in [9.17, 15) is 19.5 Å². The number of aliphatic carboxylic acids is 1. The van der Waals surface area contributed by atoms with Crippen LogP contribution in [0.1, 0.15) is 62.7 Å². The number of hydrogen-bond acceptors (Lipinski definition) is 3. The molecule has 2 rings (SSSR count). The van der Waals surface area contributed by atoms with Crippen molar-refractivity contribution in [1.29, 1.82) is 0 Å². The van der Waals surface area contributed by atoms with E-state index in [1.807, 2.05) is 13.8 Å². The van der Waals surface area contributed by atoms with Crippen LogP contribution in [0.15, 0.2) is 24.3 Å². The molecule has 27 heavy (non-hydrogen) atoms. The summed E-state index contributed by atoms with van der Waals surface area (Å²) < 4.78 is 0. The van der Waals surface area contributed by atoms with Gasteiger partial charge < -0.3 is 21.1 Å². The van der Waals surface area contributed by atoms with Crippen molar-refractivity contribution in [2.45, 2.75) is 64.5 Å². The largest absolute Gasteiger partial charge is 0.481 e. The molecular formula is C20H29N3O4. The third-order valence-corrected chi connectivity index (χ3v) is 4.72. The van der Waals surface area contributed by atoms with Crippen molar-refractivity contribution in [3.05, 3.63) is 29.8 Å². The van der Waals surface area contributed by atoms with Gasteiger partial charge in [0.1, 0.15) is 0 Å². The molecule has 2 unspecified atom stereocenters. The zero-order valence-corrected chi connectivity index (χ0v) is 16.0. The molecule has 1 saturated carbocycles. The van der Waals surface area contributed by atoms with Crippen LogP contribution in [0.3, 0.4) is 0 Å². The molecule has 1 aliphatic rings. The fourth-order valence-electron chi connectivity index (χ4n) is 3.34. The Kier molecular flexibility index (Phi) is 7.64. The van der Waals surface area contributed by atoms with Gasteiger partial charge in [-0.2, -0.15) is 0 Å². The maximum Gasteiger partial charge on any atom is 0.319 e. The van der Waals surface area contributed by atoms with Crippen LogP contribution in [0, 0.1) is 5.92 Å². The van der Waals surface area contributed by atoms with Crippen molar-refractivity contribution >= 4 is 23.6 Å². The van der Waals surface area contributed by atoms with Gasteiger partial charge in [0.05, 0.1) is 5.92 Å². The Morgan fingerprint density at radius 3 is 2.22 bits per heavy atom. The summed E-state index contributed by atoms with van der Waals surface area (Å²) in [4.78, 5) is 35.8. The number of benzene rings is 1. The topological polar surface area (TPSA) is 108 Å². The summed E-state index contributed by atoms with van der Waals surface area (Å²) in [5.41, 5.74) is 1.02. The van der Waals surface area contributed by atoms with Gasteiger partial charge >= 0.3 is 12.0 Å². The fourth-order valence-corrected chi connectivity index (χ4v) is 3.34. The van der Waals surface area contributed by atoms with E-state index in [0.29, 0.717) is 24.1 Å². The van der Waals surface area contributed by atoms with E-state index in [1.54, 1.807) is 24.3 Å². The highest BCUT2D eigenvalue weighted by Gasteiger charge is 2.30. The molecule has 1 aliphatic carbocycles. The molecule has 1 aromatic carbocycles. The van der Waals surface area contributed by atoms with Crippen LogP contribution in [0.5, 0.6) is 0 Å². The quantitative estimate of drug-likeness (QED) is 0.633. The Balaban J connectivity index is 1.99. The minimum atomic E-state index is -0.849. The SMILES string of the molecule is CC(C)NC(=O)Nc1ccc(C(=O)NC2CCCCCCC2C(=O)O)cc1. The minimum Gasteiger partial charge on any atom is -0.481 e. The summed E-state index contributed by atoms with van der Waals surface area (Å²) in [7, 11) is 0. The number of anilines is 1. The lowest BCUT2D eigenvalue weighted by Gasteiger charge is -2.27. The van der Waals surface area contributed by atoms with Crippen molar-refractivity contribution in [3.63, 3.8) is 0 Å². The Labute approximate surface area is 159 Å². The molecule has 0 heterocycles. The zero-order valence-electron chi connectivity index (χ0n) is 16.0. The normalized spacial score (nSPS) is 20.3. The van der Waals surface area contributed by atoms with Crippen LogP contribution in [-0.4, -0.2) is 35.1 Å². The number of nitrogens with one attached hydrogen (secondary N) is 3. The summed E-state index contributed by atoms with van der Waals surface area (Å²) >= 11 is 0. The Bertz CT molecular complexity index is 658. The fraction of sp³-hybridized carbons (Fsp3) is 0.550. The van der Waals surface area contributed by atoms with Gasteiger partial charge in [0.15, 0.2) is 0 Å². The second-order valence-corrected chi connectivity index (χ2v) is 7.35. The molecule has 0 radical (unpaired) electrons. The number of hydrogen-bond donors (Lipinski definition) is 4. The number of urea groups is 1. The first-order chi connectivity index (χ1) is 12.9. The number of rotatable bonds is 5. The highest BCUT2D eigenvalue weighted by molar-refractivity contribution is 5.96. The Morgan fingerprint density at radius 1 is 1.00 bits per heavy atom. The van der Waals surface area contributed by atoms with Crippen molar-refractivity contribution in [3.8, 4) is 0 Å². The summed E-state index contributed by atoms with van der Waals surface area (Å²) in [6.45, 7) is 3.74. The van der Waals surface area contributed by atoms with E-state index >= 15 is 0 Å². The molecule has 0 saturated heterocycles. The number of carbonyl (C=O) groups excluding carboxylic acids is 2. The van der Waals surface area contributed by atoms with Crippen molar-refractivity contribution < 1.29 is 19.5 Å². The molecule has 1 aromatic rings. The number of carboxylic acids is 1. The van der Waals surface area contributed by atoms with Crippen LogP contribution >= 0.6 is 0 Å². The summed E-state index contributed by atoms with van der Waals surface area (Å²) in [6, 6.07) is 5.92. The molecular weight excluding hydrogens is 346 g/mol. The lowest BCUT2D eigenvalue weighted by atomic mass is 9.86. The lowest BCUT2D eigenvalue weighted by molar-refractivity contribution is -0.143. The van der Waals surface area contributed by atoms with Gasteiger partial charge in [-0.1, -0.05) is 25.7 Å². The highest BCUT2D eigenvalue weighted by atomic mass is 16.4. The predicted molar refractivity (Wildman–Crippen MR) is 104 cm³/mol. The van der Waals surface area contributed by atoms with Crippen LogP contribution in [0.4, 0.5) is 10.5 Å².